The number of nitrogen functional groups attached to an aromatic ring is 1. The van der Waals surface area contributed by atoms with Crippen LogP contribution in [0.4, 0.5) is 14.5 Å². The number of hydrogen-bond donors (Lipinski definition) is 2. The number of aromatic hydroxyl groups is 1. The lowest BCUT2D eigenvalue weighted by molar-refractivity contribution is 0.397. The first-order valence-electron chi connectivity index (χ1n) is 3.18. The summed E-state index contributed by atoms with van der Waals surface area (Å²) in [6.45, 7) is 1.37. The Labute approximate surface area is 70.6 Å². The zero-order chi connectivity index (χ0) is 9.46. The molecule has 0 fully saturated rings. The zero-order valence-corrected chi connectivity index (χ0v) is 7.51. The molecule has 1 aromatic carbocycles. The van der Waals surface area contributed by atoms with Crippen LogP contribution >= 0.6 is 9.24 Å². The number of anilines is 1. The van der Waals surface area contributed by atoms with Gasteiger partial charge in [-0.2, -0.15) is 0 Å². The molecule has 12 heavy (non-hydrogen) atoms. The molecule has 1 aromatic rings. The van der Waals surface area contributed by atoms with Crippen molar-refractivity contribution in [1.82, 2.24) is 0 Å². The highest BCUT2D eigenvalue weighted by Crippen LogP contribution is 2.26. The van der Waals surface area contributed by atoms with Crippen molar-refractivity contribution in [3.8, 4) is 5.75 Å². The van der Waals surface area contributed by atoms with Gasteiger partial charge in [0, 0.05) is 16.6 Å². The molecule has 0 aromatic heterocycles. The monoisotopic (exact) mass is 191 g/mol. The van der Waals surface area contributed by atoms with Gasteiger partial charge in [0.15, 0.2) is 17.4 Å². The molecular formula is C7H8F2NOP. The Balaban J connectivity index is 3.60. The standard InChI is InChI=1S/C7H8F2NOP/c1-2-3(8)6(11)4(9)7(12)5(2)10/h11H,10,12H2,1H3. The minimum absolute atomic E-state index is 0.00722. The molecule has 1 rings (SSSR count). The van der Waals surface area contributed by atoms with Gasteiger partial charge in [0.05, 0.1) is 0 Å². The largest absolute Gasteiger partial charge is 0.503 e. The maximum Gasteiger partial charge on any atom is 0.188 e. The van der Waals surface area contributed by atoms with E-state index in [2.05, 4.69) is 0 Å². The van der Waals surface area contributed by atoms with Crippen LogP contribution in [-0.4, -0.2) is 5.11 Å². The molecule has 1 atom stereocenters. The summed E-state index contributed by atoms with van der Waals surface area (Å²) in [6.07, 6.45) is 0. The van der Waals surface area contributed by atoms with Crippen molar-refractivity contribution in [3.63, 3.8) is 0 Å². The molecule has 0 aliphatic rings. The van der Waals surface area contributed by atoms with E-state index < -0.39 is 17.4 Å². The molecule has 0 aliphatic heterocycles. The number of rotatable bonds is 0. The van der Waals surface area contributed by atoms with Crippen LogP contribution < -0.4 is 11.0 Å². The van der Waals surface area contributed by atoms with E-state index in [9.17, 15) is 8.78 Å². The van der Waals surface area contributed by atoms with E-state index in [-0.39, 0.29) is 16.6 Å². The van der Waals surface area contributed by atoms with Crippen molar-refractivity contribution in [2.45, 2.75) is 6.92 Å². The number of phenols is 1. The van der Waals surface area contributed by atoms with Gasteiger partial charge >= 0.3 is 0 Å². The molecule has 3 N–H and O–H groups in total. The highest BCUT2D eigenvalue weighted by molar-refractivity contribution is 7.28. The summed E-state index contributed by atoms with van der Waals surface area (Å²) >= 11 is 0. The molecule has 0 spiro atoms. The van der Waals surface area contributed by atoms with Gasteiger partial charge in [-0.1, -0.05) is 0 Å². The van der Waals surface area contributed by atoms with E-state index in [4.69, 9.17) is 10.8 Å². The molecular weight excluding hydrogens is 183 g/mol. The lowest BCUT2D eigenvalue weighted by Crippen LogP contribution is -2.10. The molecule has 0 heterocycles. The molecule has 66 valence electrons. The predicted octanol–water partition coefficient (Wildman–Crippen LogP) is 1.06. The van der Waals surface area contributed by atoms with Gasteiger partial charge in [-0.3, -0.25) is 0 Å². The van der Waals surface area contributed by atoms with Crippen molar-refractivity contribution >= 4 is 20.2 Å². The van der Waals surface area contributed by atoms with Crippen LogP contribution in [0, 0.1) is 18.6 Å². The first-order chi connectivity index (χ1) is 5.46. The second kappa shape index (κ2) is 2.87. The highest BCUT2D eigenvalue weighted by atomic mass is 31.0. The Morgan fingerprint density at radius 1 is 1.33 bits per heavy atom. The number of phenolic OH excluding ortho intramolecular Hbond substituents is 1. The van der Waals surface area contributed by atoms with Crippen LogP contribution in [0.2, 0.25) is 0 Å². The average Bonchev–Trinajstić information content (AvgIpc) is 2.08. The highest BCUT2D eigenvalue weighted by Gasteiger charge is 2.17. The van der Waals surface area contributed by atoms with E-state index in [1.165, 1.54) is 6.92 Å². The summed E-state index contributed by atoms with van der Waals surface area (Å²) in [5.74, 6) is -3.01. The fourth-order valence-corrected chi connectivity index (χ4v) is 1.19. The van der Waals surface area contributed by atoms with E-state index in [1.54, 1.807) is 0 Å². The molecule has 5 heteroatoms. The Morgan fingerprint density at radius 3 is 2.33 bits per heavy atom. The summed E-state index contributed by atoms with van der Waals surface area (Å²) in [7, 11) is 2.01. The van der Waals surface area contributed by atoms with Gasteiger partial charge in [0.1, 0.15) is 0 Å². The first-order valence-corrected chi connectivity index (χ1v) is 3.76. The van der Waals surface area contributed by atoms with Crippen molar-refractivity contribution in [2.24, 2.45) is 0 Å². The topological polar surface area (TPSA) is 46.2 Å². The van der Waals surface area contributed by atoms with Gasteiger partial charge in [0.25, 0.3) is 0 Å². The van der Waals surface area contributed by atoms with E-state index in [0.717, 1.165) is 0 Å². The predicted molar refractivity (Wildman–Crippen MR) is 46.5 cm³/mol. The SMILES string of the molecule is Cc1c(N)c(P)c(F)c(O)c1F. The third-order valence-corrected chi connectivity index (χ3v) is 2.24. The fourth-order valence-electron chi connectivity index (χ4n) is 0.840. The Bertz CT molecular complexity index is 236. The molecule has 2 nitrogen and oxygen atoms in total. The Morgan fingerprint density at radius 2 is 1.83 bits per heavy atom. The molecule has 0 radical (unpaired) electrons. The molecule has 0 aliphatic carbocycles. The molecule has 0 saturated heterocycles. The minimum atomic E-state index is -1.03. The number of benzene rings is 1. The van der Waals surface area contributed by atoms with Crippen LogP contribution in [0.1, 0.15) is 5.56 Å². The first kappa shape index (κ1) is 9.20. The van der Waals surface area contributed by atoms with Gasteiger partial charge in [-0.15, -0.1) is 9.24 Å². The summed E-state index contributed by atoms with van der Waals surface area (Å²) in [5, 5.41) is 8.87. The fraction of sp³-hybridized carbons (Fsp3) is 0.143. The Kier molecular flexibility index (Phi) is 2.20. The van der Waals surface area contributed by atoms with Gasteiger partial charge < -0.3 is 10.8 Å². The summed E-state index contributed by atoms with van der Waals surface area (Å²) in [6, 6.07) is 0. The normalized spacial score (nSPS) is 10.3. The van der Waals surface area contributed by atoms with E-state index in [1.807, 2.05) is 9.24 Å². The van der Waals surface area contributed by atoms with Crippen LogP contribution in [0.25, 0.3) is 0 Å². The van der Waals surface area contributed by atoms with Gasteiger partial charge in [-0.05, 0) is 6.92 Å². The third kappa shape index (κ3) is 1.12. The number of nitrogens with two attached hydrogens (primary N) is 1. The summed E-state index contributed by atoms with van der Waals surface area (Å²) in [4.78, 5) is 0. The Hall–Kier alpha value is -0.890. The van der Waals surface area contributed by atoms with Crippen molar-refractivity contribution in [3.05, 3.63) is 17.2 Å². The smallest absolute Gasteiger partial charge is 0.188 e. The van der Waals surface area contributed by atoms with Crippen LogP contribution in [0.3, 0.4) is 0 Å². The number of halogens is 2. The zero-order valence-electron chi connectivity index (χ0n) is 6.36. The van der Waals surface area contributed by atoms with Crippen LogP contribution in [-0.2, 0) is 0 Å². The number of hydrogen-bond acceptors (Lipinski definition) is 2. The summed E-state index contributed by atoms with van der Waals surface area (Å²) < 4.78 is 25.7. The molecule has 1 unspecified atom stereocenters. The van der Waals surface area contributed by atoms with Crippen molar-refractivity contribution in [1.29, 1.82) is 0 Å². The quantitative estimate of drug-likeness (QED) is 0.366. The molecule has 0 amide bonds. The second-order valence-electron chi connectivity index (χ2n) is 2.43. The third-order valence-electron chi connectivity index (χ3n) is 1.68. The maximum absolute atomic E-state index is 12.9. The summed E-state index contributed by atoms with van der Waals surface area (Å²) in [5.41, 5.74) is 5.40. The van der Waals surface area contributed by atoms with Gasteiger partial charge in [0.2, 0.25) is 0 Å². The average molecular weight is 191 g/mol. The van der Waals surface area contributed by atoms with E-state index in [0.29, 0.717) is 0 Å². The van der Waals surface area contributed by atoms with Crippen molar-refractivity contribution in [2.75, 3.05) is 5.73 Å². The van der Waals surface area contributed by atoms with Crippen LogP contribution in [0.5, 0.6) is 5.75 Å². The van der Waals surface area contributed by atoms with E-state index >= 15 is 0 Å². The molecule has 0 bridgehead atoms. The second-order valence-corrected chi connectivity index (χ2v) is 3.01. The lowest BCUT2D eigenvalue weighted by Gasteiger charge is -2.08. The molecule has 0 saturated carbocycles. The van der Waals surface area contributed by atoms with Crippen LogP contribution in [0.15, 0.2) is 0 Å². The van der Waals surface area contributed by atoms with Gasteiger partial charge in [-0.25, -0.2) is 8.78 Å². The minimum Gasteiger partial charge on any atom is -0.503 e. The lowest BCUT2D eigenvalue weighted by atomic mass is 10.1. The van der Waals surface area contributed by atoms with Crippen molar-refractivity contribution < 1.29 is 13.9 Å². The maximum atomic E-state index is 12.9.